The summed E-state index contributed by atoms with van der Waals surface area (Å²) in [5, 5.41) is 7.19. The van der Waals surface area contributed by atoms with Gasteiger partial charge < -0.3 is 0 Å². The number of hydrazone groups is 1. The van der Waals surface area contributed by atoms with Gasteiger partial charge >= 0.3 is 0 Å². The second-order valence-electron chi connectivity index (χ2n) is 6.66. The summed E-state index contributed by atoms with van der Waals surface area (Å²) in [6.07, 6.45) is 0.918. The van der Waals surface area contributed by atoms with E-state index < -0.39 is 0 Å². The van der Waals surface area contributed by atoms with E-state index in [4.69, 9.17) is 5.10 Å². The Balaban J connectivity index is 1.77. The normalized spacial score (nSPS) is 16.8. The fourth-order valence-electron chi connectivity index (χ4n) is 3.36. The Morgan fingerprint density at radius 2 is 1.48 bits per heavy atom. The monoisotopic (exact) mass is 326 g/mol. The van der Waals surface area contributed by atoms with Gasteiger partial charge in [-0.1, -0.05) is 66.7 Å². The average Bonchev–Trinajstić information content (AvgIpc) is 3.11. The molecule has 25 heavy (non-hydrogen) atoms. The van der Waals surface area contributed by atoms with Gasteiger partial charge in [0.1, 0.15) is 0 Å². The Hall–Kier alpha value is -2.87. The largest absolute Gasteiger partial charge is 0.257 e. The lowest BCUT2D eigenvalue weighted by Gasteiger charge is -2.24. The minimum atomic E-state index is 0.235. The molecule has 3 aromatic carbocycles. The summed E-state index contributed by atoms with van der Waals surface area (Å²) in [6.45, 7) is 4.31. The Labute approximate surface area is 149 Å². The van der Waals surface area contributed by atoms with Crippen molar-refractivity contribution >= 4 is 11.4 Å². The second kappa shape index (κ2) is 6.56. The van der Waals surface area contributed by atoms with Crippen LogP contribution in [-0.4, -0.2) is 5.71 Å². The molecular weight excluding hydrogens is 304 g/mol. The highest BCUT2D eigenvalue weighted by atomic mass is 15.5. The molecule has 1 atom stereocenters. The standard InChI is InChI=1S/C23H22N2/c1-17-13-14-21(15-18(17)2)25-23(20-11-7-4-8-12-20)16-22(24-25)19-9-5-3-6-10-19/h3-15,23H,16H2,1-2H3/t23-/m1/s1. The number of hydrogen-bond acceptors (Lipinski definition) is 2. The summed E-state index contributed by atoms with van der Waals surface area (Å²) in [5.74, 6) is 0. The van der Waals surface area contributed by atoms with Crippen molar-refractivity contribution in [3.05, 3.63) is 101 Å². The molecular formula is C23H22N2. The third kappa shape index (κ3) is 3.08. The molecule has 0 N–H and O–H groups in total. The molecule has 2 heteroatoms. The first-order chi connectivity index (χ1) is 12.2. The van der Waals surface area contributed by atoms with Gasteiger partial charge in [0, 0.05) is 6.42 Å². The molecule has 0 aromatic heterocycles. The van der Waals surface area contributed by atoms with Crippen LogP contribution in [0.25, 0.3) is 0 Å². The zero-order valence-corrected chi connectivity index (χ0v) is 14.7. The van der Waals surface area contributed by atoms with Crippen LogP contribution in [0.4, 0.5) is 5.69 Å². The van der Waals surface area contributed by atoms with E-state index in [9.17, 15) is 0 Å². The van der Waals surface area contributed by atoms with Crippen LogP contribution in [-0.2, 0) is 0 Å². The molecule has 0 fully saturated rings. The topological polar surface area (TPSA) is 15.6 Å². The van der Waals surface area contributed by atoms with Gasteiger partial charge in [-0.15, -0.1) is 0 Å². The minimum absolute atomic E-state index is 0.235. The molecule has 0 aliphatic carbocycles. The lowest BCUT2D eigenvalue weighted by molar-refractivity contribution is 0.708. The molecule has 1 heterocycles. The van der Waals surface area contributed by atoms with Crippen molar-refractivity contribution in [2.45, 2.75) is 26.3 Å². The molecule has 0 radical (unpaired) electrons. The fourth-order valence-corrected chi connectivity index (χ4v) is 3.36. The number of hydrogen-bond donors (Lipinski definition) is 0. The van der Waals surface area contributed by atoms with Gasteiger partial charge in [0.25, 0.3) is 0 Å². The summed E-state index contributed by atoms with van der Waals surface area (Å²) < 4.78 is 0. The molecule has 3 aromatic rings. The van der Waals surface area contributed by atoms with Gasteiger partial charge in [0.15, 0.2) is 0 Å². The molecule has 4 rings (SSSR count). The van der Waals surface area contributed by atoms with Crippen molar-refractivity contribution < 1.29 is 0 Å². The maximum atomic E-state index is 5.01. The van der Waals surface area contributed by atoms with E-state index in [-0.39, 0.29) is 6.04 Å². The highest BCUT2D eigenvalue weighted by Crippen LogP contribution is 2.37. The zero-order chi connectivity index (χ0) is 17.2. The van der Waals surface area contributed by atoms with Gasteiger partial charge in [-0.25, -0.2) is 0 Å². The lowest BCUT2D eigenvalue weighted by atomic mass is 9.98. The number of aryl methyl sites for hydroxylation is 2. The highest BCUT2D eigenvalue weighted by Gasteiger charge is 2.29. The first kappa shape index (κ1) is 15.6. The summed E-state index contributed by atoms with van der Waals surface area (Å²) >= 11 is 0. The Morgan fingerprint density at radius 1 is 0.800 bits per heavy atom. The Morgan fingerprint density at radius 3 is 2.16 bits per heavy atom. The van der Waals surface area contributed by atoms with E-state index in [1.165, 1.54) is 22.3 Å². The van der Waals surface area contributed by atoms with Gasteiger partial charge in [-0.05, 0) is 48.2 Å². The molecule has 0 spiro atoms. The van der Waals surface area contributed by atoms with E-state index >= 15 is 0 Å². The molecule has 0 saturated carbocycles. The molecule has 0 bridgehead atoms. The van der Waals surface area contributed by atoms with Crippen molar-refractivity contribution in [3.63, 3.8) is 0 Å². The molecule has 2 nitrogen and oxygen atoms in total. The quantitative estimate of drug-likeness (QED) is 0.606. The predicted molar refractivity (Wildman–Crippen MR) is 105 cm³/mol. The first-order valence-electron chi connectivity index (χ1n) is 8.77. The summed E-state index contributed by atoms with van der Waals surface area (Å²) in [4.78, 5) is 0. The van der Waals surface area contributed by atoms with Crippen LogP contribution in [0, 0.1) is 13.8 Å². The molecule has 0 amide bonds. The fraction of sp³-hybridized carbons (Fsp3) is 0.174. The number of rotatable bonds is 3. The lowest BCUT2D eigenvalue weighted by Crippen LogP contribution is -2.18. The third-order valence-corrected chi connectivity index (χ3v) is 4.96. The van der Waals surface area contributed by atoms with Crippen LogP contribution in [0.1, 0.15) is 34.7 Å². The first-order valence-corrected chi connectivity index (χ1v) is 8.77. The second-order valence-corrected chi connectivity index (χ2v) is 6.66. The SMILES string of the molecule is Cc1ccc(N2N=C(c3ccccc3)C[C@@H]2c2ccccc2)cc1C. The van der Waals surface area contributed by atoms with E-state index in [1.807, 2.05) is 0 Å². The van der Waals surface area contributed by atoms with Crippen LogP contribution in [0.2, 0.25) is 0 Å². The van der Waals surface area contributed by atoms with Crippen molar-refractivity contribution in [2.75, 3.05) is 5.01 Å². The van der Waals surface area contributed by atoms with Crippen LogP contribution < -0.4 is 5.01 Å². The average molecular weight is 326 g/mol. The third-order valence-electron chi connectivity index (χ3n) is 4.96. The number of nitrogens with zero attached hydrogens (tertiary/aromatic N) is 2. The molecule has 0 unspecified atom stereocenters. The Bertz CT molecular complexity index is 898. The predicted octanol–water partition coefficient (Wildman–Crippen LogP) is 5.66. The van der Waals surface area contributed by atoms with Crippen molar-refractivity contribution in [1.29, 1.82) is 0 Å². The van der Waals surface area contributed by atoms with Gasteiger partial charge in [-0.2, -0.15) is 5.10 Å². The highest BCUT2D eigenvalue weighted by molar-refractivity contribution is 6.03. The van der Waals surface area contributed by atoms with E-state index in [0.717, 1.165) is 17.8 Å². The Kier molecular flexibility index (Phi) is 4.10. The van der Waals surface area contributed by atoms with Crippen molar-refractivity contribution in [2.24, 2.45) is 5.10 Å². The summed E-state index contributed by atoms with van der Waals surface area (Å²) in [6, 6.07) is 28.0. The zero-order valence-electron chi connectivity index (χ0n) is 14.7. The molecule has 1 aliphatic rings. The van der Waals surface area contributed by atoms with Crippen LogP contribution in [0.3, 0.4) is 0 Å². The number of benzene rings is 3. The van der Waals surface area contributed by atoms with Gasteiger partial charge in [-0.3, -0.25) is 5.01 Å². The van der Waals surface area contributed by atoms with Gasteiger partial charge in [0.05, 0.1) is 17.4 Å². The minimum Gasteiger partial charge on any atom is -0.257 e. The van der Waals surface area contributed by atoms with Crippen molar-refractivity contribution in [3.8, 4) is 0 Å². The van der Waals surface area contributed by atoms with E-state index in [2.05, 4.69) is 97.7 Å². The molecule has 124 valence electrons. The summed E-state index contributed by atoms with van der Waals surface area (Å²) in [5.41, 5.74) is 7.42. The van der Waals surface area contributed by atoms with Gasteiger partial charge in [0.2, 0.25) is 0 Å². The van der Waals surface area contributed by atoms with E-state index in [0.29, 0.717) is 0 Å². The maximum Gasteiger partial charge on any atom is 0.0831 e. The van der Waals surface area contributed by atoms with Crippen LogP contribution in [0.5, 0.6) is 0 Å². The number of anilines is 1. The smallest absolute Gasteiger partial charge is 0.0831 e. The maximum absolute atomic E-state index is 5.01. The molecule has 1 aliphatic heterocycles. The summed E-state index contributed by atoms with van der Waals surface area (Å²) in [7, 11) is 0. The van der Waals surface area contributed by atoms with Crippen LogP contribution in [0.15, 0.2) is 84.0 Å². The van der Waals surface area contributed by atoms with Crippen LogP contribution >= 0.6 is 0 Å². The van der Waals surface area contributed by atoms with E-state index in [1.54, 1.807) is 0 Å². The molecule has 0 saturated heterocycles. The van der Waals surface area contributed by atoms with Crippen molar-refractivity contribution in [1.82, 2.24) is 0 Å².